The van der Waals surface area contributed by atoms with E-state index in [1.54, 1.807) is 0 Å². The van der Waals surface area contributed by atoms with Crippen molar-refractivity contribution in [2.45, 2.75) is 63.7 Å². The van der Waals surface area contributed by atoms with Crippen LogP contribution in [0.1, 0.15) is 64.0 Å². The lowest BCUT2D eigenvalue weighted by molar-refractivity contribution is 0.402. The maximum atomic E-state index is 10.3. The maximum Gasteiger partial charge on any atom is 0.119 e. The fourth-order valence-corrected chi connectivity index (χ4v) is 3.22. The molecule has 0 radical (unpaired) electrons. The van der Waals surface area contributed by atoms with Gasteiger partial charge in [0.25, 0.3) is 0 Å². The zero-order valence-electron chi connectivity index (χ0n) is 12.5. The van der Waals surface area contributed by atoms with Crippen LogP contribution < -0.4 is 5.73 Å². The smallest absolute Gasteiger partial charge is 0.119 e. The predicted molar refractivity (Wildman–Crippen MR) is 80.6 cm³/mol. The quantitative estimate of drug-likeness (QED) is 0.864. The molecule has 0 saturated heterocycles. The van der Waals surface area contributed by atoms with Crippen molar-refractivity contribution in [2.75, 3.05) is 6.54 Å². The third-order valence-electron chi connectivity index (χ3n) is 5.18. The van der Waals surface area contributed by atoms with Gasteiger partial charge in [0.05, 0.1) is 0 Å². The van der Waals surface area contributed by atoms with Gasteiger partial charge in [-0.15, -0.1) is 0 Å². The average molecular weight is 261 g/mol. The van der Waals surface area contributed by atoms with Gasteiger partial charge in [0.2, 0.25) is 0 Å². The summed E-state index contributed by atoms with van der Waals surface area (Å²) in [7, 11) is 0. The van der Waals surface area contributed by atoms with Gasteiger partial charge in [-0.3, -0.25) is 0 Å². The Bertz CT molecular complexity index is 445. The van der Waals surface area contributed by atoms with Crippen LogP contribution >= 0.6 is 0 Å². The van der Waals surface area contributed by atoms with Crippen molar-refractivity contribution >= 4 is 0 Å². The van der Waals surface area contributed by atoms with E-state index in [9.17, 15) is 5.11 Å². The molecular formula is C17H27NO. The molecule has 0 aromatic heterocycles. The first-order valence-corrected chi connectivity index (χ1v) is 7.49. The molecule has 0 atom stereocenters. The predicted octanol–water partition coefficient (Wildman–Crippen LogP) is 3.85. The minimum Gasteiger partial charge on any atom is -0.508 e. The highest BCUT2D eigenvalue weighted by molar-refractivity contribution is 5.44. The molecule has 3 N–H and O–H groups in total. The minimum atomic E-state index is 0.00388. The molecule has 0 amide bonds. The van der Waals surface area contributed by atoms with E-state index < -0.39 is 0 Å². The molecule has 106 valence electrons. The summed E-state index contributed by atoms with van der Waals surface area (Å²) >= 11 is 0. The van der Waals surface area contributed by atoms with Crippen molar-refractivity contribution in [1.82, 2.24) is 0 Å². The van der Waals surface area contributed by atoms with Crippen LogP contribution in [-0.2, 0) is 10.8 Å². The summed E-state index contributed by atoms with van der Waals surface area (Å²) in [6.45, 7) is 7.36. The van der Waals surface area contributed by atoms with Gasteiger partial charge in [-0.25, -0.2) is 0 Å². The molecule has 0 heterocycles. The molecule has 0 unspecified atom stereocenters. The van der Waals surface area contributed by atoms with Crippen LogP contribution in [-0.4, -0.2) is 11.7 Å². The summed E-state index contributed by atoms with van der Waals surface area (Å²) in [6, 6.07) is 6.12. The Morgan fingerprint density at radius 3 is 2.42 bits per heavy atom. The van der Waals surface area contributed by atoms with Crippen molar-refractivity contribution in [3.8, 4) is 5.75 Å². The fraction of sp³-hybridized carbons (Fsp3) is 0.647. The fourth-order valence-electron chi connectivity index (χ4n) is 3.22. The topological polar surface area (TPSA) is 46.2 Å². The Hall–Kier alpha value is -1.02. The molecule has 2 nitrogen and oxygen atoms in total. The summed E-state index contributed by atoms with van der Waals surface area (Å²) in [5.41, 5.74) is 8.59. The van der Waals surface area contributed by atoms with Crippen LogP contribution in [0.5, 0.6) is 5.75 Å². The van der Waals surface area contributed by atoms with Crippen LogP contribution in [0.2, 0.25) is 0 Å². The second-order valence-corrected chi connectivity index (χ2v) is 6.66. The van der Waals surface area contributed by atoms with Crippen molar-refractivity contribution < 1.29 is 5.11 Å². The van der Waals surface area contributed by atoms with Crippen molar-refractivity contribution in [1.29, 1.82) is 0 Å². The van der Waals surface area contributed by atoms with E-state index >= 15 is 0 Å². The van der Waals surface area contributed by atoms with Gasteiger partial charge in [0.15, 0.2) is 0 Å². The Morgan fingerprint density at radius 1 is 1.26 bits per heavy atom. The number of phenols is 1. The largest absolute Gasteiger partial charge is 0.508 e. The molecule has 1 fully saturated rings. The first-order valence-electron chi connectivity index (χ1n) is 7.49. The molecule has 1 aromatic carbocycles. The van der Waals surface area contributed by atoms with E-state index in [1.807, 2.05) is 6.07 Å². The van der Waals surface area contributed by atoms with E-state index in [0.717, 1.165) is 24.8 Å². The molecule has 1 aliphatic carbocycles. The Labute approximate surface area is 117 Å². The number of hydrogen-bond acceptors (Lipinski definition) is 2. The normalized spacial score (nSPS) is 18.7. The lowest BCUT2D eigenvalue weighted by Crippen LogP contribution is -2.32. The van der Waals surface area contributed by atoms with Crippen LogP contribution in [0.3, 0.4) is 0 Å². The van der Waals surface area contributed by atoms with Gasteiger partial charge in [0.1, 0.15) is 5.75 Å². The van der Waals surface area contributed by atoms with Gasteiger partial charge in [0, 0.05) is 17.5 Å². The van der Waals surface area contributed by atoms with Crippen molar-refractivity contribution in [3.63, 3.8) is 0 Å². The first kappa shape index (κ1) is 14.4. The van der Waals surface area contributed by atoms with Crippen molar-refractivity contribution in [3.05, 3.63) is 29.3 Å². The lowest BCUT2D eigenvalue weighted by atomic mass is 9.74. The SMILES string of the molecule is CCC(C)(C)c1ccc(O)c(C2(CN)CCCC2)c1. The molecule has 0 aliphatic heterocycles. The summed E-state index contributed by atoms with van der Waals surface area (Å²) in [5.74, 6) is 0.419. The van der Waals surface area contributed by atoms with E-state index in [1.165, 1.54) is 18.4 Å². The van der Waals surface area contributed by atoms with Gasteiger partial charge in [-0.1, -0.05) is 45.7 Å². The van der Waals surface area contributed by atoms with E-state index in [0.29, 0.717) is 12.3 Å². The molecule has 0 bridgehead atoms. The summed E-state index contributed by atoms with van der Waals surface area (Å²) < 4.78 is 0. The molecule has 1 aromatic rings. The highest BCUT2D eigenvalue weighted by atomic mass is 16.3. The van der Waals surface area contributed by atoms with Gasteiger partial charge in [-0.2, -0.15) is 0 Å². The standard InChI is InChI=1S/C17H27NO/c1-4-16(2,3)13-7-8-15(19)14(11-13)17(12-18)9-5-6-10-17/h7-8,11,19H,4-6,9-10,12,18H2,1-3H3. The molecular weight excluding hydrogens is 234 g/mol. The number of rotatable bonds is 4. The Balaban J connectivity index is 2.48. The average Bonchev–Trinajstić information content (AvgIpc) is 2.89. The van der Waals surface area contributed by atoms with E-state index in [-0.39, 0.29) is 10.8 Å². The van der Waals surface area contributed by atoms with Crippen LogP contribution in [0.15, 0.2) is 18.2 Å². The minimum absolute atomic E-state index is 0.00388. The third kappa shape index (κ3) is 2.51. The summed E-state index contributed by atoms with van der Waals surface area (Å²) in [4.78, 5) is 0. The summed E-state index contributed by atoms with van der Waals surface area (Å²) in [6.07, 6.45) is 5.74. The molecule has 19 heavy (non-hydrogen) atoms. The number of nitrogens with two attached hydrogens (primary N) is 1. The number of phenolic OH excluding ortho intramolecular Hbond substituents is 1. The van der Waals surface area contributed by atoms with Crippen LogP contribution in [0, 0.1) is 0 Å². The number of aromatic hydroxyl groups is 1. The van der Waals surface area contributed by atoms with Crippen LogP contribution in [0.25, 0.3) is 0 Å². The third-order valence-corrected chi connectivity index (χ3v) is 5.18. The zero-order valence-corrected chi connectivity index (χ0v) is 12.5. The monoisotopic (exact) mass is 261 g/mol. The highest BCUT2D eigenvalue weighted by Crippen LogP contribution is 2.45. The second kappa shape index (κ2) is 5.16. The maximum absolute atomic E-state index is 10.3. The molecule has 2 heteroatoms. The van der Waals surface area contributed by atoms with Gasteiger partial charge in [-0.05, 0) is 36.3 Å². The summed E-state index contributed by atoms with van der Waals surface area (Å²) in [5, 5.41) is 10.3. The Morgan fingerprint density at radius 2 is 1.89 bits per heavy atom. The molecule has 1 aliphatic rings. The molecule has 0 spiro atoms. The molecule has 1 saturated carbocycles. The Kier molecular flexibility index (Phi) is 3.91. The first-order chi connectivity index (χ1) is 8.95. The molecule has 2 rings (SSSR count). The van der Waals surface area contributed by atoms with Gasteiger partial charge >= 0.3 is 0 Å². The van der Waals surface area contributed by atoms with E-state index in [2.05, 4.69) is 32.9 Å². The zero-order chi connectivity index (χ0) is 14.1. The van der Waals surface area contributed by atoms with Crippen molar-refractivity contribution in [2.24, 2.45) is 5.73 Å². The van der Waals surface area contributed by atoms with Crippen LogP contribution in [0.4, 0.5) is 0 Å². The lowest BCUT2D eigenvalue weighted by Gasteiger charge is -2.31. The number of hydrogen-bond donors (Lipinski definition) is 2. The highest BCUT2D eigenvalue weighted by Gasteiger charge is 2.37. The van der Waals surface area contributed by atoms with E-state index in [4.69, 9.17) is 5.73 Å². The van der Waals surface area contributed by atoms with Gasteiger partial charge < -0.3 is 10.8 Å². The second-order valence-electron chi connectivity index (χ2n) is 6.66. The number of benzene rings is 1.